The zero-order valence-corrected chi connectivity index (χ0v) is 12.0. The molecule has 0 aliphatic carbocycles. The lowest BCUT2D eigenvalue weighted by Crippen LogP contribution is -2.26. The number of nitrogens with zero attached hydrogens (tertiary/aromatic N) is 1. The SMILES string of the molecule is COC(=O)C1CC(=O)N(c2ccc(S(=O)(=O)O)c(N)c2)C1. The molecule has 1 amide bonds. The molecule has 3 N–H and O–H groups in total. The Morgan fingerprint density at radius 3 is 2.67 bits per heavy atom. The largest absolute Gasteiger partial charge is 0.469 e. The Hall–Kier alpha value is -2.13. The number of hydrogen-bond acceptors (Lipinski definition) is 6. The Labute approximate surface area is 121 Å². The standard InChI is InChI=1S/C12H14N2O6S/c1-20-12(16)7-4-11(15)14(6-7)8-2-3-10(9(13)5-8)21(17,18)19/h2-3,5,7H,4,6,13H2,1H3,(H,17,18,19). The summed E-state index contributed by atoms with van der Waals surface area (Å²) in [6.07, 6.45) is 0.0205. The average molecular weight is 314 g/mol. The Balaban J connectivity index is 2.30. The van der Waals surface area contributed by atoms with Crippen molar-refractivity contribution in [2.24, 2.45) is 5.92 Å². The number of hydrogen-bond donors (Lipinski definition) is 2. The lowest BCUT2D eigenvalue weighted by Gasteiger charge is -2.17. The molecule has 2 rings (SSSR count). The van der Waals surface area contributed by atoms with Gasteiger partial charge in [0.15, 0.2) is 0 Å². The fraction of sp³-hybridized carbons (Fsp3) is 0.333. The lowest BCUT2D eigenvalue weighted by atomic mass is 10.1. The van der Waals surface area contributed by atoms with Gasteiger partial charge in [-0.05, 0) is 18.2 Å². The van der Waals surface area contributed by atoms with Gasteiger partial charge in [-0.2, -0.15) is 8.42 Å². The first-order valence-electron chi connectivity index (χ1n) is 5.99. The van der Waals surface area contributed by atoms with E-state index in [9.17, 15) is 18.0 Å². The second kappa shape index (κ2) is 5.34. The van der Waals surface area contributed by atoms with Gasteiger partial charge in [-0.15, -0.1) is 0 Å². The molecule has 1 aromatic rings. The molecule has 0 radical (unpaired) electrons. The van der Waals surface area contributed by atoms with E-state index < -0.39 is 26.9 Å². The third-order valence-corrected chi connectivity index (χ3v) is 4.17. The predicted octanol–water partition coefficient (Wildman–Crippen LogP) is 0.0414. The van der Waals surface area contributed by atoms with Crippen LogP contribution in [-0.2, 0) is 24.4 Å². The summed E-state index contributed by atoms with van der Waals surface area (Å²) in [4.78, 5) is 24.3. The van der Waals surface area contributed by atoms with Crippen LogP contribution in [0.3, 0.4) is 0 Å². The topological polar surface area (TPSA) is 127 Å². The molecule has 1 saturated heterocycles. The van der Waals surface area contributed by atoms with Crippen molar-refractivity contribution in [1.82, 2.24) is 0 Å². The van der Waals surface area contributed by atoms with Crippen molar-refractivity contribution in [2.75, 3.05) is 24.3 Å². The van der Waals surface area contributed by atoms with E-state index in [1.807, 2.05) is 0 Å². The van der Waals surface area contributed by atoms with Gasteiger partial charge in [0.1, 0.15) is 4.90 Å². The summed E-state index contributed by atoms with van der Waals surface area (Å²) >= 11 is 0. The van der Waals surface area contributed by atoms with Gasteiger partial charge in [0.2, 0.25) is 5.91 Å². The number of amides is 1. The Bertz CT molecular complexity index is 700. The molecule has 1 aliphatic rings. The Morgan fingerprint density at radius 2 is 2.14 bits per heavy atom. The van der Waals surface area contributed by atoms with Gasteiger partial charge in [0.25, 0.3) is 10.1 Å². The molecule has 114 valence electrons. The van der Waals surface area contributed by atoms with Crippen molar-refractivity contribution >= 4 is 33.4 Å². The minimum atomic E-state index is -4.42. The first kappa shape index (κ1) is 15.3. The normalized spacial score (nSPS) is 18.9. The van der Waals surface area contributed by atoms with Crippen molar-refractivity contribution < 1.29 is 27.3 Å². The van der Waals surface area contributed by atoms with Crippen molar-refractivity contribution in [1.29, 1.82) is 0 Å². The number of esters is 1. The number of methoxy groups -OCH3 is 1. The van der Waals surface area contributed by atoms with Gasteiger partial charge in [0, 0.05) is 18.7 Å². The maximum absolute atomic E-state index is 11.9. The average Bonchev–Trinajstić information content (AvgIpc) is 2.78. The van der Waals surface area contributed by atoms with Gasteiger partial charge >= 0.3 is 5.97 Å². The summed E-state index contributed by atoms with van der Waals surface area (Å²) < 4.78 is 35.7. The summed E-state index contributed by atoms with van der Waals surface area (Å²) in [6, 6.07) is 3.72. The fourth-order valence-corrected chi connectivity index (χ4v) is 2.82. The van der Waals surface area contributed by atoms with E-state index in [2.05, 4.69) is 4.74 Å². The highest BCUT2D eigenvalue weighted by molar-refractivity contribution is 7.86. The molecule has 0 spiro atoms. The van der Waals surface area contributed by atoms with Crippen molar-refractivity contribution in [2.45, 2.75) is 11.3 Å². The van der Waals surface area contributed by atoms with Crippen LogP contribution in [0.25, 0.3) is 0 Å². The minimum absolute atomic E-state index is 0.0205. The molecule has 1 atom stereocenters. The molecular formula is C12H14N2O6S. The molecule has 0 aromatic heterocycles. The third-order valence-electron chi connectivity index (χ3n) is 3.24. The monoisotopic (exact) mass is 314 g/mol. The first-order valence-corrected chi connectivity index (χ1v) is 7.43. The molecule has 1 aromatic carbocycles. The van der Waals surface area contributed by atoms with Gasteiger partial charge in [0.05, 0.1) is 18.7 Å². The summed E-state index contributed by atoms with van der Waals surface area (Å²) in [6.45, 7) is 0.135. The van der Waals surface area contributed by atoms with Crippen molar-refractivity contribution in [3.8, 4) is 0 Å². The zero-order valence-electron chi connectivity index (χ0n) is 11.1. The summed E-state index contributed by atoms with van der Waals surface area (Å²) in [5.41, 5.74) is 5.75. The molecule has 1 aliphatic heterocycles. The molecule has 0 saturated carbocycles. The van der Waals surface area contributed by atoms with Crippen LogP contribution in [0.2, 0.25) is 0 Å². The van der Waals surface area contributed by atoms with Gasteiger partial charge < -0.3 is 15.4 Å². The van der Waals surface area contributed by atoms with E-state index in [1.165, 1.54) is 24.1 Å². The number of rotatable bonds is 3. The molecular weight excluding hydrogens is 300 g/mol. The molecule has 0 bridgehead atoms. The summed E-state index contributed by atoms with van der Waals surface area (Å²) in [5.74, 6) is -1.33. The highest BCUT2D eigenvalue weighted by atomic mass is 32.2. The summed E-state index contributed by atoms with van der Waals surface area (Å²) in [7, 11) is -3.17. The number of benzene rings is 1. The maximum atomic E-state index is 11.9. The van der Waals surface area contributed by atoms with Crippen molar-refractivity contribution in [3.05, 3.63) is 18.2 Å². The van der Waals surface area contributed by atoms with Gasteiger partial charge in [-0.3, -0.25) is 14.1 Å². The highest BCUT2D eigenvalue weighted by Gasteiger charge is 2.36. The van der Waals surface area contributed by atoms with Crippen LogP contribution in [-0.4, -0.2) is 38.5 Å². The van der Waals surface area contributed by atoms with Crippen LogP contribution in [0.15, 0.2) is 23.1 Å². The van der Waals surface area contributed by atoms with E-state index in [-0.39, 0.29) is 24.6 Å². The molecule has 8 nitrogen and oxygen atoms in total. The number of nitrogens with two attached hydrogens (primary N) is 1. The maximum Gasteiger partial charge on any atom is 0.311 e. The van der Waals surface area contributed by atoms with Crippen LogP contribution < -0.4 is 10.6 Å². The first-order chi connectivity index (χ1) is 9.74. The lowest BCUT2D eigenvalue weighted by molar-refractivity contribution is -0.145. The Morgan fingerprint density at radius 1 is 1.48 bits per heavy atom. The zero-order chi connectivity index (χ0) is 15.8. The number of carbonyl (C=O) groups excluding carboxylic acids is 2. The quantitative estimate of drug-likeness (QED) is 0.458. The molecule has 1 unspecified atom stereocenters. The van der Waals surface area contributed by atoms with Crippen LogP contribution in [0.5, 0.6) is 0 Å². The second-order valence-corrected chi connectivity index (χ2v) is 6.02. The third kappa shape index (κ3) is 2.98. The van der Waals surface area contributed by atoms with Crippen molar-refractivity contribution in [3.63, 3.8) is 0 Å². The smallest absolute Gasteiger partial charge is 0.311 e. The van der Waals surface area contributed by atoms with E-state index >= 15 is 0 Å². The minimum Gasteiger partial charge on any atom is -0.469 e. The number of anilines is 2. The molecule has 1 heterocycles. The van der Waals surface area contributed by atoms with Crippen LogP contribution >= 0.6 is 0 Å². The second-order valence-electron chi connectivity index (χ2n) is 4.63. The van der Waals surface area contributed by atoms with E-state index in [4.69, 9.17) is 10.3 Å². The van der Waals surface area contributed by atoms with Gasteiger partial charge in [-0.25, -0.2) is 0 Å². The van der Waals surface area contributed by atoms with E-state index in [0.717, 1.165) is 6.07 Å². The van der Waals surface area contributed by atoms with E-state index in [1.54, 1.807) is 0 Å². The number of carbonyl (C=O) groups is 2. The predicted molar refractivity (Wildman–Crippen MR) is 73.1 cm³/mol. The number of nitrogen functional groups attached to an aromatic ring is 1. The van der Waals surface area contributed by atoms with Crippen LogP contribution in [0.1, 0.15) is 6.42 Å². The molecule has 1 fully saturated rings. The van der Waals surface area contributed by atoms with E-state index in [0.29, 0.717) is 5.69 Å². The van der Waals surface area contributed by atoms with Gasteiger partial charge in [-0.1, -0.05) is 0 Å². The van der Waals surface area contributed by atoms with Crippen LogP contribution in [0.4, 0.5) is 11.4 Å². The molecule has 21 heavy (non-hydrogen) atoms. The van der Waals surface area contributed by atoms with Crippen LogP contribution in [0, 0.1) is 5.92 Å². The number of ether oxygens (including phenoxy) is 1. The summed E-state index contributed by atoms with van der Waals surface area (Å²) in [5, 5.41) is 0. The highest BCUT2D eigenvalue weighted by Crippen LogP contribution is 2.29. The fourth-order valence-electron chi connectivity index (χ4n) is 2.22. The Kier molecular flexibility index (Phi) is 3.88. The molecule has 9 heteroatoms.